The summed E-state index contributed by atoms with van der Waals surface area (Å²) in [6.45, 7) is 7.15. The SMILES string of the molecule is CCCCC(C)(CCC)C1CC1. The molecule has 1 unspecified atom stereocenters. The van der Waals surface area contributed by atoms with Crippen molar-refractivity contribution in [3.63, 3.8) is 0 Å². The second-order valence-corrected chi connectivity index (χ2v) is 4.78. The summed E-state index contributed by atoms with van der Waals surface area (Å²) in [6.07, 6.45) is 10.1. The van der Waals surface area contributed by atoms with E-state index in [1.807, 2.05) is 0 Å². The van der Waals surface area contributed by atoms with E-state index in [0.717, 1.165) is 5.92 Å². The van der Waals surface area contributed by atoms with Gasteiger partial charge in [-0.05, 0) is 37.0 Å². The maximum Gasteiger partial charge on any atom is -0.0298 e. The Morgan fingerprint density at radius 3 is 2.17 bits per heavy atom. The maximum atomic E-state index is 2.52. The summed E-state index contributed by atoms with van der Waals surface area (Å²) in [6, 6.07) is 0. The fourth-order valence-electron chi connectivity index (χ4n) is 2.47. The van der Waals surface area contributed by atoms with E-state index >= 15 is 0 Å². The van der Waals surface area contributed by atoms with Gasteiger partial charge in [0.05, 0.1) is 0 Å². The van der Waals surface area contributed by atoms with Crippen LogP contribution in [0.2, 0.25) is 0 Å². The van der Waals surface area contributed by atoms with E-state index in [1.165, 1.54) is 44.9 Å². The van der Waals surface area contributed by atoms with E-state index in [4.69, 9.17) is 0 Å². The van der Waals surface area contributed by atoms with E-state index in [2.05, 4.69) is 20.8 Å². The minimum atomic E-state index is 0.713. The van der Waals surface area contributed by atoms with Crippen molar-refractivity contribution < 1.29 is 0 Å². The van der Waals surface area contributed by atoms with Crippen LogP contribution in [0, 0.1) is 11.3 Å². The topological polar surface area (TPSA) is 0 Å². The quantitative estimate of drug-likeness (QED) is 0.551. The normalized spacial score (nSPS) is 22.2. The Bertz CT molecular complexity index is 124. The minimum Gasteiger partial charge on any atom is -0.0654 e. The average molecular weight is 168 g/mol. The van der Waals surface area contributed by atoms with Gasteiger partial charge in [0.2, 0.25) is 0 Å². The molecule has 72 valence electrons. The minimum absolute atomic E-state index is 0.713. The zero-order chi connectivity index (χ0) is 9.03. The van der Waals surface area contributed by atoms with Crippen molar-refractivity contribution in [3.8, 4) is 0 Å². The molecule has 1 rings (SSSR count). The van der Waals surface area contributed by atoms with Crippen molar-refractivity contribution in [2.24, 2.45) is 11.3 Å². The third kappa shape index (κ3) is 2.50. The summed E-state index contributed by atoms with van der Waals surface area (Å²) in [4.78, 5) is 0. The first-order valence-electron chi connectivity index (χ1n) is 5.73. The molecule has 0 aliphatic heterocycles. The molecule has 0 bridgehead atoms. The molecule has 12 heavy (non-hydrogen) atoms. The lowest BCUT2D eigenvalue weighted by Crippen LogP contribution is -2.18. The van der Waals surface area contributed by atoms with E-state index < -0.39 is 0 Å². The fourth-order valence-corrected chi connectivity index (χ4v) is 2.47. The van der Waals surface area contributed by atoms with Crippen LogP contribution >= 0.6 is 0 Å². The molecule has 0 spiro atoms. The van der Waals surface area contributed by atoms with Crippen molar-refractivity contribution in [2.75, 3.05) is 0 Å². The second kappa shape index (κ2) is 4.30. The van der Waals surface area contributed by atoms with Crippen LogP contribution in [0.1, 0.15) is 65.7 Å². The Hall–Kier alpha value is 0. The van der Waals surface area contributed by atoms with Crippen molar-refractivity contribution in [1.29, 1.82) is 0 Å². The van der Waals surface area contributed by atoms with E-state index in [-0.39, 0.29) is 0 Å². The Morgan fingerprint density at radius 1 is 1.08 bits per heavy atom. The molecule has 1 aliphatic carbocycles. The number of hydrogen-bond acceptors (Lipinski definition) is 0. The van der Waals surface area contributed by atoms with Crippen LogP contribution < -0.4 is 0 Å². The molecule has 0 nitrogen and oxygen atoms in total. The summed E-state index contributed by atoms with van der Waals surface area (Å²) in [5, 5.41) is 0. The molecular formula is C12H24. The molecule has 0 aromatic rings. The van der Waals surface area contributed by atoms with E-state index in [1.54, 1.807) is 0 Å². The van der Waals surface area contributed by atoms with Crippen molar-refractivity contribution in [3.05, 3.63) is 0 Å². The maximum absolute atomic E-state index is 2.52. The molecule has 0 heteroatoms. The highest BCUT2D eigenvalue weighted by atomic mass is 14.4. The first-order chi connectivity index (χ1) is 5.73. The van der Waals surface area contributed by atoms with Crippen LogP contribution in [0.4, 0.5) is 0 Å². The van der Waals surface area contributed by atoms with Gasteiger partial charge in [0.1, 0.15) is 0 Å². The van der Waals surface area contributed by atoms with Gasteiger partial charge in [0, 0.05) is 0 Å². The van der Waals surface area contributed by atoms with Crippen molar-refractivity contribution in [2.45, 2.75) is 65.7 Å². The summed E-state index contributed by atoms with van der Waals surface area (Å²) < 4.78 is 0. The Labute approximate surface area is 77.7 Å². The number of rotatable bonds is 6. The average Bonchev–Trinajstić information content (AvgIpc) is 2.84. The largest absolute Gasteiger partial charge is 0.0654 e. The van der Waals surface area contributed by atoms with Gasteiger partial charge in [0.15, 0.2) is 0 Å². The molecule has 0 amide bonds. The highest BCUT2D eigenvalue weighted by Gasteiger charge is 2.39. The molecule has 1 fully saturated rings. The Balaban J connectivity index is 2.34. The summed E-state index contributed by atoms with van der Waals surface area (Å²) in [5.41, 5.74) is 0.713. The molecule has 0 aromatic heterocycles. The van der Waals surface area contributed by atoms with Crippen LogP contribution in [0.25, 0.3) is 0 Å². The van der Waals surface area contributed by atoms with Gasteiger partial charge in [0.25, 0.3) is 0 Å². The van der Waals surface area contributed by atoms with Crippen LogP contribution in [-0.4, -0.2) is 0 Å². The monoisotopic (exact) mass is 168 g/mol. The molecular weight excluding hydrogens is 144 g/mol. The summed E-state index contributed by atoms with van der Waals surface area (Å²) in [5.74, 6) is 1.09. The lowest BCUT2D eigenvalue weighted by Gasteiger charge is -2.29. The van der Waals surface area contributed by atoms with E-state index in [0.29, 0.717) is 5.41 Å². The molecule has 0 radical (unpaired) electrons. The highest BCUT2D eigenvalue weighted by Crippen LogP contribution is 2.50. The molecule has 0 N–H and O–H groups in total. The van der Waals surface area contributed by atoms with Crippen molar-refractivity contribution in [1.82, 2.24) is 0 Å². The van der Waals surface area contributed by atoms with Gasteiger partial charge >= 0.3 is 0 Å². The van der Waals surface area contributed by atoms with Crippen LogP contribution in [0.15, 0.2) is 0 Å². The Kier molecular flexibility index (Phi) is 3.61. The molecule has 0 heterocycles. The lowest BCUT2D eigenvalue weighted by molar-refractivity contribution is 0.218. The predicted octanol–water partition coefficient (Wildman–Crippen LogP) is 4.39. The Morgan fingerprint density at radius 2 is 1.75 bits per heavy atom. The van der Waals surface area contributed by atoms with Gasteiger partial charge in [-0.15, -0.1) is 0 Å². The van der Waals surface area contributed by atoms with Crippen LogP contribution in [0.3, 0.4) is 0 Å². The van der Waals surface area contributed by atoms with Gasteiger partial charge in [-0.1, -0.05) is 40.0 Å². The fraction of sp³-hybridized carbons (Fsp3) is 1.00. The van der Waals surface area contributed by atoms with Crippen molar-refractivity contribution >= 4 is 0 Å². The number of unbranched alkanes of at least 4 members (excludes halogenated alkanes) is 1. The number of hydrogen-bond donors (Lipinski definition) is 0. The first kappa shape index (κ1) is 10.1. The zero-order valence-corrected chi connectivity index (χ0v) is 9.03. The third-order valence-corrected chi connectivity index (χ3v) is 3.49. The third-order valence-electron chi connectivity index (χ3n) is 3.49. The van der Waals surface area contributed by atoms with Gasteiger partial charge in [-0.3, -0.25) is 0 Å². The van der Waals surface area contributed by atoms with E-state index in [9.17, 15) is 0 Å². The lowest BCUT2D eigenvalue weighted by atomic mass is 9.76. The van der Waals surface area contributed by atoms with Gasteiger partial charge in [-0.2, -0.15) is 0 Å². The van der Waals surface area contributed by atoms with Gasteiger partial charge < -0.3 is 0 Å². The standard InChI is InChI=1S/C12H24/c1-4-6-10-12(3,9-5-2)11-7-8-11/h11H,4-10H2,1-3H3. The van der Waals surface area contributed by atoms with Crippen LogP contribution in [0.5, 0.6) is 0 Å². The molecule has 1 aliphatic rings. The predicted molar refractivity (Wildman–Crippen MR) is 55.3 cm³/mol. The van der Waals surface area contributed by atoms with Gasteiger partial charge in [-0.25, -0.2) is 0 Å². The molecule has 0 aromatic carbocycles. The zero-order valence-electron chi connectivity index (χ0n) is 9.03. The molecule has 0 saturated heterocycles. The first-order valence-corrected chi connectivity index (χ1v) is 5.73. The van der Waals surface area contributed by atoms with Crippen LogP contribution in [-0.2, 0) is 0 Å². The molecule has 1 saturated carbocycles. The highest BCUT2D eigenvalue weighted by molar-refractivity contribution is 4.90. The smallest absolute Gasteiger partial charge is 0.0298 e. The summed E-state index contributed by atoms with van der Waals surface area (Å²) in [7, 11) is 0. The summed E-state index contributed by atoms with van der Waals surface area (Å²) >= 11 is 0. The second-order valence-electron chi connectivity index (χ2n) is 4.78. The molecule has 1 atom stereocenters.